The van der Waals surface area contributed by atoms with Gasteiger partial charge in [0.05, 0.1) is 13.2 Å². The van der Waals surface area contributed by atoms with Crippen LogP contribution in [0.3, 0.4) is 0 Å². The van der Waals surface area contributed by atoms with Gasteiger partial charge in [0.2, 0.25) is 0 Å². The fourth-order valence-electron chi connectivity index (χ4n) is 2.82. The number of halogens is 1. The molecule has 0 saturated carbocycles. The highest BCUT2D eigenvalue weighted by Crippen LogP contribution is 2.25. The molecule has 2 aromatic rings. The summed E-state index contributed by atoms with van der Waals surface area (Å²) in [4.78, 5) is 12.7. The van der Waals surface area contributed by atoms with Gasteiger partial charge in [0.15, 0.2) is 6.10 Å². The van der Waals surface area contributed by atoms with Gasteiger partial charge < -0.3 is 14.8 Å². The molecule has 0 heterocycles. The highest BCUT2D eigenvalue weighted by molar-refractivity contribution is 6.31. The van der Waals surface area contributed by atoms with Crippen LogP contribution in [0.1, 0.15) is 44.4 Å². The van der Waals surface area contributed by atoms with Crippen LogP contribution in [0.4, 0.5) is 0 Å². The molecular formula is C22H28ClNO3. The van der Waals surface area contributed by atoms with Crippen molar-refractivity contribution in [2.45, 2.75) is 46.3 Å². The maximum Gasteiger partial charge on any atom is 0.261 e. The van der Waals surface area contributed by atoms with Crippen molar-refractivity contribution in [3.05, 3.63) is 58.6 Å². The van der Waals surface area contributed by atoms with Gasteiger partial charge in [0.1, 0.15) is 11.5 Å². The van der Waals surface area contributed by atoms with E-state index >= 15 is 0 Å². The fourth-order valence-corrected chi connectivity index (χ4v) is 2.94. The van der Waals surface area contributed by atoms with Crippen molar-refractivity contribution >= 4 is 17.5 Å². The lowest BCUT2D eigenvalue weighted by molar-refractivity contribution is -0.128. The minimum atomic E-state index is -0.613. The summed E-state index contributed by atoms with van der Waals surface area (Å²) >= 11 is 6.04. The molecule has 0 aliphatic carbocycles. The summed E-state index contributed by atoms with van der Waals surface area (Å²) in [5.41, 5.74) is 1.96. The summed E-state index contributed by atoms with van der Waals surface area (Å²) in [5, 5.41) is 3.79. The molecule has 5 heteroatoms. The summed E-state index contributed by atoms with van der Waals surface area (Å²) in [6, 6.07) is 13.1. The Hall–Kier alpha value is -2.20. The SMILES string of the molecule is COc1ccc([C@H](CC(C)C)NC(=O)[C@H](C)Oc2ccc(Cl)c(C)c2)cc1. The van der Waals surface area contributed by atoms with Gasteiger partial charge in [-0.15, -0.1) is 0 Å². The normalized spacial score (nSPS) is 13.1. The van der Waals surface area contributed by atoms with Crippen LogP contribution in [-0.4, -0.2) is 19.1 Å². The highest BCUT2D eigenvalue weighted by Gasteiger charge is 2.21. The van der Waals surface area contributed by atoms with E-state index in [1.807, 2.05) is 37.3 Å². The molecule has 0 spiro atoms. The zero-order chi connectivity index (χ0) is 20.0. The first kappa shape index (κ1) is 21.1. The molecular weight excluding hydrogens is 362 g/mol. The van der Waals surface area contributed by atoms with Crippen LogP contribution in [0.5, 0.6) is 11.5 Å². The van der Waals surface area contributed by atoms with Crippen LogP contribution in [-0.2, 0) is 4.79 Å². The number of rotatable bonds is 8. The van der Waals surface area contributed by atoms with Gasteiger partial charge in [-0.25, -0.2) is 0 Å². The molecule has 2 aromatic carbocycles. The molecule has 0 aliphatic rings. The van der Waals surface area contributed by atoms with E-state index in [0.29, 0.717) is 16.7 Å². The van der Waals surface area contributed by atoms with Gasteiger partial charge in [-0.05, 0) is 67.6 Å². The number of carbonyl (C=O) groups is 1. The van der Waals surface area contributed by atoms with Crippen LogP contribution in [0, 0.1) is 12.8 Å². The molecule has 0 saturated heterocycles. The molecule has 1 N–H and O–H groups in total. The van der Waals surface area contributed by atoms with Crippen molar-refractivity contribution < 1.29 is 14.3 Å². The molecule has 0 radical (unpaired) electrons. The van der Waals surface area contributed by atoms with E-state index in [4.69, 9.17) is 21.1 Å². The number of benzene rings is 2. The third kappa shape index (κ3) is 6.17. The molecule has 2 atom stereocenters. The smallest absolute Gasteiger partial charge is 0.261 e. The monoisotopic (exact) mass is 389 g/mol. The molecule has 0 aromatic heterocycles. The largest absolute Gasteiger partial charge is 0.497 e. The van der Waals surface area contributed by atoms with Crippen molar-refractivity contribution in [2.75, 3.05) is 7.11 Å². The third-order valence-corrected chi connectivity index (χ3v) is 4.78. The first-order valence-electron chi connectivity index (χ1n) is 9.17. The molecule has 0 aliphatic heterocycles. The maximum atomic E-state index is 12.7. The van der Waals surface area contributed by atoms with Crippen LogP contribution in [0.25, 0.3) is 0 Å². The average molecular weight is 390 g/mol. The predicted octanol–water partition coefficient (Wildman–Crippen LogP) is 5.33. The number of methoxy groups -OCH3 is 1. The van der Waals surface area contributed by atoms with Crippen LogP contribution < -0.4 is 14.8 Å². The van der Waals surface area contributed by atoms with E-state index < -0.39 is 6.10 Å². The average Bonchev–Trinajstić information content (AvgIpc) is 2.63. The number of carbonyl (C=O) groups excluding carboxylic acids is 1. The van der Waals surface area contributed by atoms with Gasteiger partial charge in [0.25, 0.3) is 5.91 Å². The van der Waals surface area contributed by atoms with E-state index in [-0.39, 0.29) is 11.9 Å². The van der Waals surface area contributed by atoms with Gasteiger partial charge in [-0.3, -0.25) is 4.79 Å². The molecule has 1 amide bonds. The number of amides is 1. The second-order valence-corrected chi connectivity index (χ2v) is 7.54. The quantitative estimate of drug-likeness (QED) is 0.663. The van der Waals surface area contributed by atoms with Crippen molar-refractivity contribution in [3.8, 4) is 11.5 Å². The van der Waals surface area contributed by atoms with Crippen molar-refractivity contribution in [1.82, 2.24) is 5.32 Å². The zero-order valence-corrected chi connectivity index (χ0v) is 17.3. The molecule has 0 fully saturated rings. The molecule has 2 rings (SSSR count). The Bertz CT molecular complexity index is 759. The number of aryl methyl sites for hydroxylation is 1. The van der Waals surface area contributed by atoms with Gasteiger partial charge in [0, 0.05) is 5.02 Å². The van der Waals surface area contributed by atoms with Gasteiger partial charge >= 0.3 is 0 Å². The summed E-state index contributed by atoms with van der Waals surface area (Å²) in [6.45, 7) is 7.93. The fraction of sp³-hybridized carbons (Fsp3) is 0.409. The Morgan fingerprint density at radius 2 is 1.70 bits per heavy atom. The predicted molar refractivity (Wildman–Crippen MR) is 110 cm³/mol. The minimum absolute atomic E-state index is 0.0820. The summed E-state index contributed by atoms with van der Waals surface area (Å²) < 4.78 is 11.0. The van der Waals surface area contributed by atoms with E-state index in [1.165, 1.54) is 0 Å². The lowest BCUT2D eigenvalue weighted by atomic mass is 9.96. The minimum Gasteiger partial charge on any atom is -0.497 e. The lowest BCUT2D eigenvalue weighted by Gasteiger charge is -2.24. The Labute approximate surface area is 166 Å². The van der Waals surface area contributed by atoms with Gasteiger partial charge in [-0.2, -0.15) is 0 Å². The van der Waals surface area contributed by atoms with Gasteiger partial charge in [-0.1, -0.05) is 37.6 Å². The topological polar surface area (TPSA) is 47.6 Å². The van der Waals surface area contributed by atoms with Crippen LogP contribution >= 0.6 is 11.6 Å². The lowest BCUT2D eigenvalue weighted by Crippen LogP contribution is -2.39. The van der Waals surface area contributed by atoms with Crippen molar-refractivity contribution in [3.63, 3.8) is 0 Å². The molecule has 0 unspecified atom stereocenters. The van der Waals surface area contributed by atoms with E-state index in [2.05, 4.69) is 19.2 Å². The Kier molecular flexibility index (Phi) is 7.55. The van der Waals surface area contributed by atoms with Crippen LogP contribution in [0.2, 0.25) is 5.02 Å². The van der Waals surface area contributed by atoms with E-state index in [9.17, 15) is 4.79 Å². The first-order chi connectivity index (χ1) is 12.8. The zero-order valence-electron chi connectivity index (χ0n) is 16.6. The summed E-state index contributed by atoms with van der Waals surface area (Å²) in [5.74, 6) is 1.71. The van der Waals surface area contributed by atoms with Crippen molar-refractivity contribution in [2.24, 2.45) is 5.92 Å². The molecule has 0 bridgehead atoms. The first-order valence-corrected chi connectivity index (χ1v) is 9.55. The number of hydrogen-bond acceptors (Lipinski definition) is 3. The Morgan fingerprint density at radius 3 is 2.26 bits per heavy atom. The second-order valence-electron chi connectivity index (χ2n) is 7.13. The maximum absolute atomic E-state index is 12.7. The molecule has 4 nitrogen and oxygen atoms in total. The second kappa shape index (κ2) is 9.65. The van der Waals surface area contributed by atoms with E-state index in [0.717, 1.165) is 23.3 Å². The number of nitrogens with one attached hydrogen (secondary N) is 1. The Morgan fingerprint density at radius 1 is 1.07 bits per heavy atom. The summed E-state index contributed by atoms with van der Waals surface area (Å²) in [7, 11) is 1.64. The third-order valence-electron chi connectivity index (χ3n) is 4.35. The number of hydrogen-bond donors (Lipinski definition) is 1. The number of ether oxygens (including phenoxy) is 2. The van der Waals surface area contributed by atoms with Crippen LogP contribution in [0.15, 0.2) is 42.5 Å². The summed E-state index contributed by atoms with van der Waals surface area (Å²) in [6.07, 6.45) is 0.226. The Balaban J connectivity index is 2.07. The van der Waals surface area contributed by atoms with Crippen molar-refractivity contribution in [1.29, 1.82) is 0 Å². The molecule has 146 valence electrons. The molecule has 27 heavy (non-hydrogen) atoms. The highest BCUT2D eigenvalue weighted by atomic mass is 35.5. The van der Waals surface area contributed by atoms with E-state index in [1.54, 1.807) is 26.2 Å². The standard InChI is InChI=1S/C22H28ClNO3/c1-14(2)12-21(17-6-8-18(26-5)9-7-17)24-22(25)16(4)27-19-10-11-20(23)15(3)13-19/h6-11,13-14,16,21H,12H2,1-5H3,(H,24,25)/t16-,21-/m0/s1.